The van der Waals surface area contributed by atoms with Gasteiger partial charge in [0.2, 0.25) is 11.8 Å². The minimum atomic E-state index is -0.471. The molecular weight excluding hydrogens is 428 g/mol. The summed E-state index contributed by atoms with van der Waals surface area (Å²) in [5.41, 5.74) is 7.13. The van der Waals surface area contributed by atoms with E-state index in [2.05, 4.69) is 21.2 Å². The third-order valence-corrected chi connectivity index (χ3v) is 5.85. The van der Waals surface area contributed by atoms with E-state index in [0.717, 1.165) is 6.42 Å². The predicted octanol–water partition coefficient (Wildman–Crippen LogP) is 3.48. The molecule has 3 amide bonds. The van der Waals surface area contributed by atoms with Crippen LogP contribution < -0.4 is 16.2 Å². The molecule has 1 aliphatic carbocycles. The highest BCUT2D eigenvalue weighted by Gasteiger charge is 2.38. The Morgan fingerprint density at radius 1 is 1.06 bits per heavy atom. The lowest BCUT2D eigenvalue weighted by atomic mass is 10.0. The number of para-hydroxylation sites is 1. The zero-order valence-electron chi connectivity index (χ0n) is 17.5. The van der Waals surface area contributed by atoms with Crippen LogP contribution in [0.2, 0.25) is 5.02 Å². The van der Waals surface area contributed by atoms with E-state index in [4.69, 9.17) is 11.6 Å². The van der Waals surface area contributed by atoms with Gasteiger partial charge in [-0.25, -0.2) is 4.98 Å². The standard InChI is InChI=1S/C24H23ClN4O3/c1-14-12-17(14)23(31)26-11-10-22(30)28-29-24(32)18-13-21(16-7-2-4-8-19(16)25)27-20-9-5-3-6-15(18)20/h2-9,13-14,17H,10-12H2,1H3,(H,26,31)(H,28,30)(H,29,32). The van der Waals surface area contributed by atoms with Gasteiger partial charge < -0.3 is 5.32 Å². The first-order valence-corrected chi connectivity index (χ1v) is 10.8. The number of halogens is 1. The quantitative estimate of drug-likeness (QED) is 0.500. The Morgan fingerprint density at radius 2 is 1.78 bits per heavy atom. The zero-order chi connectivity index (χ0) is 22.7. The predicted molar refractivity (Wildman–Crippen MR) is 123 cm³/mol. The number of amides is 3. The molecule has 1 heterocycles. The number of benzene rings is 2. The van der Waals surface area contributed by atoms with Crippen LogP contribution in [0.4, 0.5) is 0 Å². The lowest BCUT2D eigenvalue weighted by Crippen LogP contribution is -2.43. The molecular formula is C24H23ClN4O3. The minimum absolute atomic E-state index is 0.0234. The van der Waals surface area contributed by atoms with Crippen LogP contribution >= 0.6 is 11.6 Å². The molecule has 1 aliphatic rings. The Bertz CT molecular complexity index is 1200. The fourth-order valence-electron chi connectivity index (χ4n) is 3.54. The number of fused-ring (bicyclic) bond motifs is 1. The number of aromatic nitrogens is 1. The zero-order valence-corrected chi connectivity index (χ0v) is 18.3. The Morgan fingerprint density at radius 3 is 2.53 bits per heavy atom. The van der Waals surface area contributed by atoms with E-state index in [0.29, 0.717) is 38.7 Å². The van der Waals surface area contributed by atoms with Gasteiger partial charge in [0.25, 0.3) is 5.91 Å². The SMILES string of the molecule is CC1CC1C(=O)NCCC(=O)NNC(=O)c1cc(-c2ccccc2Cl)nc2ccccc12. The number of hydrogen-bond donors (Lipinski definition) is 3. The van der Waals surface area contributed by atoms with E-state index >= 15 is 0 Å². The highest BCUT2D eigenvalue weighted by molar-refractivity contribution is 6.33. The van der Waals surface area contributed by atoms with E-state index in [-0.39, 0.29) is 24.8 Å². The third kappa shape index (κ3) is 4.89. The van der Waals surface area contributed by atoms with E-state index in [9.17, 15) is 14.4 Å². The van der Waals surface area contributed by atoms with Gasteiger partial charge in [0.05, 0.1) is 16.8 Å². The normalized spacial score (nSPS) is 16.9. The maximum absolute atomic E-state index is 12.9. The second-order valence-electron chi connectivity index (χ2n) is 7.91. The van der Waals surface area contributed by atoms with Crippen molar-refractivity contribution in [2.75, 3.05) is 6.54 Å². The van der Waals surface area contributed by atoms with Crippen LogP contribution in [0.25, 0.3) is 22.2 Å². The molecule has 8 heteroatoms. The third-order valence-electron chi connectivity index (χ3n) is 5.52. The van der Waals surface area contributed by atoms with E-state index in [1.54, 1.807) is 18.2 Å². The van der Waals surface area contributed by atoms with Gasteiger partial charge in [-0.05, 0) is 30.5 Å². The number of carbonyl (C=O) groups excluding carboxylic acids is 3. The topological polar surface area (TPSA) is 100 Å². The molecule has 3 aromatic rings. The average molecular weight is 451 g/mol. The molecule has 1 fully saturated rings. The van der Waals surface area contributed by atoms with Crippen LogP contribution in [0.15, 0.2) is 54.6 Å². The van der Waals surface area contributed by atoms with Gasteiger partial charge in [-0.2, -0.15) is 0 Å². The fraction of sp³-hybridized carbons (Fsp3) is 0.250. The lowest BCUT2D eigenvalue weighted by Gasteiger charge is -2.12. The number of rotatable bonds is 6. The summed E-state index contributed by atoms with van der Waals surface area (Å²) in [4.78, 5) is 41.4. The number of hydrogen-bond acceptors (Lipinski definition) is 4. The molecule has 0 bridgehead atoms. The lowest BCUT2D eigenvalue weighted by molar-refractivity contribution is -0.123. The van der Waals surface area contributed by atoms with Crippen molar-refractivity contribution in [1.29, 1.82) is 0 Å². The van der Waals surface area contributed by atoms with Crippen LogP contribution in [0.5, 0.6) is 0 Å². The van der Waals surface area contributed by atoms with Crippen molar-refractivity contribution in [3.05, 3.63) is 65.2 Å². The Balaban J connectivity index is 1.44. The number of hydrazine groups is 1. The van der Waals surface area contributed by atoms with Crippen LogP contribution in [0, 0.1) is 11.8 Å². The molecule has 0 radical (unpaired) electrons. The van der Waals surface area contributed by atoms with Crippen molar-refractivity contribution >= 4 is 40.2 Å². The molecule has 7 nitrogen and oxygen atoms in total. The van der Waals surface area contributed by atoms with Gasteiger partial charge in [0.15, 0.2) is 0 Å². The number of nitrogens with zero attached hydrogens (tertiary/aromatic N) is 1. The highest BCUT2D eigenvalue weighted by Crippen LogP contribution is 2.37. The maximum atomic E-state index is 12.9. The summed E-state index contributed by atoms with van der Waals surface area (Å²) in [6.07, 6.45) is 0.958. The Labute approximate surface area is 190 Å². The van der Waals surface area contributed by atoms with Gasteiger partial charge >= 0.3 is 0 Å². The second-order valence-corrected chi connectivity index (χ2v) is 8.32. The molecule has 164 valence electrons. The summed E-state index contributed by atoms with van der Waals surface area (Å²) in [5.74, 6) is -0.419. The van der Waals surface area contributed by atoms with Gasteiger partial charge in [-0.3, -0.25) is 25.2 Å². The summed E-state index contributed by atoms with van der Waals surface area (Å²) in [6, 6.07) is 16.2. The fourth-order valence-corrected chi connectivity index (χ4v) is 3.78. The largest absolute Gasteiger partial charge is 0.355 e. The first-order valence-electron chi connectivity index (χ1n) is 10.5. The van der Waals surface area contributed by atoms with Crippen molar-refractivity contribution in [2.24, 2.45) is 11.8 Å². The van der Waals surface area contributed by atoms with Crippen molar-refractivity contribution in [2.45, 2.75) is 19.8 Å². The van der Waals surface area contributed by atoms with Crippen LogP contribution in [-0.4, -0.2) is 29.3 Å². The molecule has 0 aliphatic heterocycles. The van der Waals surface area contributed by atoms with E-state index in [1.165, 1.54) is 0 Å². The van der Waals surface area contributed by atoms with Gasteiger partial charge in [0, 0.05) is 34.9 Å². The molecule has 3 N–H and O–H groups in total. The molecule has 2 atom stereocenters. The van der Waals surface area contributed by atoms with Crippen LogP contribution in [0.3, 0.4) is 0 Å². The van der Waals surface area contributed by atoms with E-state index < -0.39 is 11.8 Å². The molecule has 32 heavy (non-hydrogen) atoms. The summed E-state index contributed by atoms with van der Waals surface area (Å²) in [7, 11) is 0. The summed E-state index contributed by atoms with van der Waals surface area (Å²) in [6.45, 7) is 2.24. The highest BCUT2D eigenvalue weighted by atomic mass is 35.5. The average Bonchev–Trinajstić information content (AvgIpc) is 3.53. The van der Waals surface area contributed by atoms with Crippen molar-refractivity contribution in [1.82, 2.24) is 21.2 Å². The van der Waals surface area contributed by atoms with Gasteiger partial charge in [-0.1, -0.05) is 54.9 Å². The smallest absolute Gasteiger partial charge is 0.270 e. The summed E-state index contributed by atoms with van der Waals surface area (Å²) in [5, 5.41) is 3.93. The van der Waals surface area contributed by atoms with Crippen molar-refractivity contribution in [3.8, 4) is 11.3 Å². The number of pyridine rings is 1. The van der Waals surface area contributed by atoms with Crippen LogP contribution in [-0.2, 0) is 9.59 Å². The second kappa shape index (κ2) is 9.36. The van der Waals surface area contributed by atoms with Gasteiger partial charge in [0.1, 0.15) is 0 Å². The summed E-state index contributed by atoms with van der Waals surface area (Å²) >= 11 is 6.32. The number of nitrogens with one attached hydrogen (secondary N) is 3. The van der Waals surface area contributed by atoms with Crippen molar-refractivity contribution in [3.63, 3.8) is 0 Å². The molecule has 2 aromatic carbocycles. The Hall–Kier alpha value is -3.45. The molecule has 4 rings (SSSR count). The molecule has 0 saturated heterocycles. The monoisotopic (exact) mass is 450 g/mol. The van der Waals surface area contributed by atoms with Crippen molar-refractivity contribution < 1.29 is 14.4 Å². The molecule has 1 aromatic heterocycles. The molecule has 2 unspecified atom stereocenters. The molecule has 0 spiro atoms. The van der Waals surface area contributed by atoms with Crippen LogP contribution in [0.1, 0.15) is 30.1 Å². The van der Waals surface area contributed by atoms with E-state index in [1.807, 2.05) is 43.3 Å². The first-order chi connectivity index (χ1) is 15.4. The maximum Gasteiger partial charge on any atom is 0.270 e. The van der Waals surface area contributed by atoms with Gasteiger partial charge in [-0.15, -0.1) is 0 Å². The number of carbonyl (C=O) groups is 3. The molecule has 1 saturated carbocycles. The summed E-state index contributed by atoms with van der Waals surface area (Å²) < 4.78 is 0. The minimum Gasteiger partial charge on any atom is -0.355 e. The first kappa shape index (κ1) is 21.8. The Kier molecular flexibility index (Phi) is 6.37.